The molecule has 3 rings (SSSR count). The van der Waals surface area contributed by atoms with E-state index < -0.39 is 0 Å². The summed E-state index contributed by atoms with van der Waals surface area (Å²) in [6.07, 6.45) is 6.11. The number of furan rings is 1. The Morgan fingerprint density at radius 1 is 1.19 bits per heavy atom. The minimum atomic E-state index is -0.223. The van der Waals surface area contributed by atoms with Gasteiger partial charge < -0.3 is 9.32 Å². The van der Waals surface area contributed by atoms with Crippen molar-refractivity contribution in [3.8, 4) is 0 Å². The monoisotopic (exact) mass is 287 g/mol. The Kier molecular flexibility index (Phi) is 4.04. The Hall–Kier alpha value is -2.10. The Bertz CT molecular complexity index is 592. The Morgan fingerprint density at radius 2 is 2.00 bits per heavy atom. The normalized spacial score (nSPS) is 19.3. The summed E-state index contributed by atoms with van der Waals surface area (Å²) in [7, 11) is 0. The van der Waals surface area contributed by atoms with Crippen molar-refractivity contribution >= 4 is 5.91 Å². The van der Waals surface area contributed by atoms with Crippen molar-refractivity contribution in [1.29, 1.82) is 0 Å². The minimum absolute atomic E-state index is 0.0118. The van der Waals surface area contributed by atoms with Gasteiger partial charge in [-0.3, -0.25) is 4.79 Å². The number of hydrogen-bond acceptors (Lipinski definition) is 2. The van der Waals surface area contributed by atoms with E-state index in [9.17, 15) is 9.18 Å². The van der Waals surface area contributed by atoms with Crippen LogP contribution >= 0.6 is 0 Å². The molecule has 0 N–H and O–H groups in total. The summed E-state index contributed by atoms with van der Waals surface area (Å²) in [5, 5.41) is 0. The van der Waals surface area contributed by atoms with Crippen molar-refractivity contribution < 1.29 is 13.6 Å². The molecule has 21 heavy (non-hydrogen) atoms. The zero-order chi connectivity index (χ0) is 14.7. The predicted octanol–water partition coefficient (Wildman–Crippen LogP) is 3.83. The van der Waals surface area contributed by atoms with Gasteiger partial charge in [-0.1, -0.05) is 18.6 Å². The fourth-order valence-corrected chi connectivity index (χ4v) is 2.90. The van der Waals surface area contributed by atoms with Gasteiger partial charge in [0.25, 0.3) is 5.91 Å². The first kappa shape index (κ1) is 13.9. The quantitative estimate of drug-likeness (QED) is 0.841. The number of carbonyl (C=O) groups excluding carboxylic acids is 1. The van der Waals surface area contributed by atoms with Crippen LogP contribution in [0.3, 0.4) is 0 Å². The zero-order valence-electron chi connectivity index (χ0n) is 11.8. The summed E-state index contributed by atoms with van der Waals surface area (Å²) in [5.41, 5.74) is 1.69. The topological polar surface area (TPSA) is 33.5 Å². The first-order chi connectivity index (χ1) is 10.2. The average molecular weight is 287 g/mol. The predicted molar refractivity (Wildman–Crippen MR) is 77.6 cm³/mol. The molecule has 1 unspecified atom stereocenters. The molecule has 1 aliphatic rings. The number of hydrogen-bond donors (Lipinski definition) is 0. The van der Waals surface area contributed by atoms with E-state index in [1.54, 1.807) is 6.07 Å². The van der Waals surface area contributed by atoms with E-state index in [1.165, 1.54) is 24.7 Å². The van der Waals surface area contributed by atoms with Crippen molar-refractivity contribution in [2.45, 2.75) is 25.2 Å². The molecular formula is C17H18FNO2. The van der Waals surface area contributed by atoms with Crippen LogP contribution < -0.4 is 0 Å². The Morgan fingerprint density at radius 3 is 2.71 bits per heavy atom. The van der Waals surface area contributed by atoms with Crippen molar-refractivity contribution in [1.82, 2.24) is 4.90 Å². The number of halogens is 1. The fraction of sp³-hybridized carbons (Fsp3) is 0.353. The fourth-order valence-electron chi connectivity index (χ4n) is 2.90. The lowest BCUT2D eigenvalue weighted by molar-refractivity contribution is 0.0754. The first-order valence-electron chi connectivity index (χ1n) is 7.31. The smallest absolute Gasteiger partial charge is 0.257 e. The molecule has 1 atom stereocenters. The van der Waals surface area contributed by atoms with Gasteiger partial charge in [0, 0.05) is 19.0 Å². The van der Waals surface area contributed by atoms with E-state index in [0.717, 1.165) is 31.4 Å². The van der Waals surface area contributed by atoms with Crippen LogP contribution in [0.1, 0.15) is 41.1 Å². The maximum absolute atomic E-state index is 13.0. The van der Waals surface area contributed by atoms with Crippen molar-refractivity contribution in [2.24, 2.45) is 0 Å². The molecule has 2 heterocycles. The van der Waals surface area contributed by atoms with Crippen molar-refractivity contribution in [2.75, 3.05) is 13.1 Å². The van der Waals surface area contributed by atoms with Gasteiger partial charge in [-0.05, 0) is 36.6 Å². The van der Waals surface area contributed by atoms with E-state index in [2.05, 4.69) is 0 Å². The molecule has 0 radical (unpaired) electrons. The first-order valence-corrected chi connectivity index (χ1v) is 7.31. The molecule has 1 saturated heterocycles. The summed E-state index contributed by atoms with van der Waals surface area (Å²) in [5.74, 6) is 0.0559. The van der Waals surface area contributed by atoms with Gasteiger partial charge in [-0.15, -0.1) is 0 Å². The number of amides is 1. The maximum atomic E-state index is 13.0. The molecule has 3 nitrogen and oxygen atoms in total. The molecular weight excluding hydrogens is 269 g/mol. The summed E-state index contributed by atoms with van der Waals surface area (Å²) in [4.78, 5) is 14.3. The summed E-state index contributed by atoms with van der Waals surface area (Å²) < 4.78 is 18.0. The number of benzene rings is 1. The average Bonchev–Trinajstić information content (AvgIpc) is 2.92. The lowest BCUT2D eigenvalue weighted by Gasteiger charge is -2.24. The second-order valence-corrected chi connectivity index (χ2v) is 5.51. The molecule has 1 fully saturated rings. The second-order valence-electron chi connectivity index (χ2n) is 5.51. The van der Waals surface area contributed by atoms with Gasteiger partial charge in [-0.2, -0.15) is 0 Å². The standard InChI is InChI=1S/C17H18FNO2/c18-16-6-4-13(5-7-16)14-3-1-2-9-19(11-14)17(20)15-8-10-21-12-15/h4-8,10,12,14H,1-3,9,11H2. The van der Waals surface area contributed by atoms with Crippen molar-refractivity contribution in [3.63, 3.8) is 0 Å². The number of nitrogens with zero attached hydrogens (tertiary/aromatic N) is 1. The third-order valence-electron chi connectivity index (χ3n) is 4.07. The van der Waals surface area contributed by atoms with Crippen LogP contribution in [0, 0.1) is 5.82 Å². The second kappa shape index (κ2) is 6.12. The zero-order valence-corrected chi connectivity index (χ0v) is 11.8. The number of rotatable bonds is 2. The summed E-state index contributed by atoms with van der Waals surface area (Å²) >= 11 is 0. The van der Waals surface area contributed by atoms with Gasteiger partial charge in [0.05, 0.1) is 11.8 Å². The van der Waals surface area contributed by atoms with E-state index in [-0.39, 0.29) is 17.6 Å². The lowest BCUT2D eigenvalue weighted by Crippen LogP contribution is -2.33. The van der Waals surface area contributed by atoms with Gasteiger partial charge >= 0.3 is 0 Å². The molecule has 0 spiro atoms. The summed E-state index contributed by atoms with van der Waals surface area (Å²) in [6.45, 7) is 1.44. The van der Waals surface area contributed by atoms with Gasteiger partial charge in [0.1, 0.15) is 12.1 Å². The van der Waals surface area contributed by atoms with Gasteiger partial charge in [-0.25, -0.2) is 4.39 Å². The third kappa shape index (κ3) is 3.15. The highest BCUT2D eigenvalue weighted by atomic mass is 19.1. The highest BCUT2D eigenvalue weighted by Gasteiger charge is 2.24. The Labute approximate surface area is 123 Å². The van der Waals surface area contributed by atoms with Crippen LogP contribution in [-0.2, 0) is 0 Å². The highest BCUT2D eigenvalue weighted by Crippen LogP contribution is 2.27. The molecule has 4 heteroatoms. The molecule has 1 aliphatic heterocycles. The summed E-state index contributed by atoms with van der Waals surface area (Å²) in [6, 6.07) is 8.32. The van der Waals surface area contributed by atoms with Crippen LogP contribution in [0.25, 0.3) is 0 Å². The van der Waals surface area contributed by atoms with Crippen LogP contribution in [0.5, 0.6) is 0 Å². The molecule has 1 aromatic heterocycles. The number of carbonyl (C=O) groups is 1. The van der Waals surface area contributed by atoms with E-state index >= 15 is 0 Å². The molecule has 0 aliphatic carbocycles. The van der Waals surface area contributed by atoms with E-state index in [4.69, 9.17) is 4.42 Å². The van der Waals surface area contributed by atoms with Gasteiger partial charge in [0.2, 0.25) is 0 Å². The van der Waals surface area contributed by atoms with Crippen LogP contribution in [-0.4, -0.2) is 23.9 Å². The molecule has 0 saturated carbocycles. The molecule has 1 amide bonds. The molecule has 0 bridgehead atoms. The van der Waals surface area contributed by atoms with Crippen molar-refractivity contribution in [3.05, 3.63) is 59.8 Å². The molecule has 110 valence electrons. The number of likely N-dealkylation sites (tertiary alicyclic amines) is 1. The Balaban J connectivity index is 1.77. The molecule has 2 aromatic rings. The largest absolute Gasteiger partial charge is 0.472 e. The highest BCUT2D eigenvalue weighted by molar-refractivity contribution is 5.93. The lowest BCUT2D eigenvalue weighted by atomic mass is 9.94. The van der Waals surface area contributed by atoms with Gasteiger partial charge in [0.15, 0.2) is 0 Å². The van der Waals surface area contributed by atoms with Crippen LogP contribution in [0.2, 0.25) is 0 Å². The SMILES string of the molecule is O=C(c1ccoc1)N1CCCCC(c2ccc(F)cc2)C1. The van der Waals surface area contributed by atoms with E-state index in [1.807, 2.05) is 17.0 Å². The van der Waals surface area contributed by atoms with E-state index in [0.29, 0.717) is 12.1 Å². The maximum Gasteiger partial charge on any atom is 0.257 e. The molecule has 1 aromatic carbocycles. The van der Waals surface area contributed by atoms with Crippen LogP contribution in [0.4, 0.5) is 4.39 Å². The minimum Gasteiger partial charge on any atom is -0.472 e. The van der Waals surface area contributed by atoms with Crippen LogP contribution in [0.15, 0.2) is 47.3 Å². The third-order valence-corrected chi connectivity index (χ3v) is 4.07.